The Bertz CT molecular complexity index is 975. The lowest BCUT2D eigenvalue weighted by Gasteiger charge is -2.22. The number of hydrogen-bond acceptors (Lipinski definition) is 5. The molecule has 0 aliphatic heterocycles. The van der Waals surface area contributed by atoms with E-state index >= 15 is 0 Å². The van der Waals surface area contributed by atoms with Gasteiger partial charge in [-0.25, -0.2) is 13.2 Å². The van der Waals surface area contributed by atoms with E-state index in [4.69, 9.17) is 10.5 Å². The molecule has 2 aromatic carbocycles. The minimum absolute atomic E-state index is 0.0325. The molecule has 0 unspecified atom stereocenters. The summed E-state index contributed by atoms with van der Waals surface area (Å²) in [5.41, 5.74) is 5.94. The van der Waals surface area contributed by atoms with E-state index < -0.39 is 28.0 Å². The van der Waals surface area contributed by atoms with Gasteiger partial charge in [0.15, 0.2) is 0 Å². The van der Waals surface area contributed by atoms with Crippen LogP contribution in [0.15, 0.2) is 53.4 Å². The molecule has 0 aliphatic carbocycles. The van der Waals surface area contributed by atoms with Gasteiger partial charge < -0.3 is 21.1 Å². The third kappa shape index (κ3) is 6.11. The molecule has 0 heterocycles. The van der Waals surface area contributed by atoms with E-state index in [0.29, 0.717) is 23.5 Å². The molecule has 30 heavy (non-hydrogen) atoms. The predicted molar refractivity (Wildman–Crippen MR) is 115 cm³/mol. The number of amides is 3. The van der Waals surface area contributed by atoms with Gasteiger partial charge in [0.05, 0.1) is 12.0 Å². The molecule has 3 amide bonds. The third-order valence-electron chi connectivity index (χ3n) is 4.57. The van der Waals surface area contributed by atoms with Crippen molar-refractivity contribution in [2.75, 3.05) is 17.1 Å². The molecule has 0 fully saturated rings. The molecular formula is C20H26N4O5S. The maximum absolute atomic E-state index is 12.6. The zero-order valence-corrected chi connectivity index (χ0v) is 17.8. The van der Waals surface area contributed by atoms with Gasteiger partial charge in [0.1, 0.15) is 11.8 Å². The Hall–Kier alpha value is -3.27. The lowest BCUT2D eigenvalue weighted by atomic mass is 9.98. The van der Waals surface area contributed by atoms with Crippen LogP contribution in [0, 0.1) is 5.92 Å². The van der Waals surface area contributed by atoms with Crippen LogP contribution in [0.5, 0.6) is 5.75 Å². The molecule has 10 heteroatoms. The summed E-state index contributed by atoms with van der Waals surface area (Å²) in [6.07, 6.45) is 0.659. The summed E-state index contributed by atoms with van der Waals surface area (Å²) in [5, 5.41) is 5.10. The summed E-state index contributed by atoms with van der Waals surface area (Å²) in [6, 6.07) is 10.6. The highest BCUT2D eigenvalue weighted by Gasteiger charge is 2.25. The monoisotopic (exact) mass is 434 g/mol. The van der Waals surface area contributed by atoms with Gasteiger partial charge in [-0.05, 0) is 54.4 Å². The van der Waals surface area contributed by atoms with Crippen molar-refractivity contribution in [3.8, 4) is 5.75 Å². The van der Waals surface area contributed by atoms with Crippen molar-refractivity contribution in [2.24, 2.45) is 11.7 Å². The molecule has 0 aromatic heterocycles. The van der Waals surface area contributed by atoms with Crippen molar-refractivity contribution in [3.63, 3.8) is 0 Å². The quantitative estimate of drug-likeness (QED) is 0.480. The van der Waals surface area contributed by atoms with Crippen LogP contribution < -0.4 is 25.8 Å². The largest absolute Gasteiger partial charge is 0.497 e. The zero-order chi connectivity index (χ0) is 22.3. The molecule has 2 atom stereocenters. The number of carbonyl (C=O) groups excluding carboxylic acids is 2. The summed E-state index contributed by atoms with van der Waals surface area (Å²) in [7, 11) is -2.28. The van der Waals surface area contributed by atoms with Gasteiger partial charge in [-0.1, -0.05) is 20.3 Å². The van der Waals surface area contributed by atoms with Crippen LogP contribution in [0.4, 0.5) is 16.2 Å². The topological polar surface area (TPSA) is 140 Å². The molecule has 5 N–H and O–H groups in total. The Morgan fingerprint density at radius 3 is 2.10 bits per heavy atom. The fraction of sp³-hybridized carbons (Fsp3) is 0.300. The number of benzene rings is 2. The minimum Gasteiger partial charge on any atom is -0.497 e. The van der Waals surface area contributed by atoms with E-state index in [1.807, 2.05) is 13.8 Å². The Morgan fingerprint density at radius 2 is 1.60 bits per heavy atom. The van der Waals surface area contributed by atoms with Crippen LogP contribution in [0.2, 0.25) is 0 Å². The minimum atomic E-state index is -3.80. The van der Waals surface area contributed by atoms with Crippen molar-refractivity contribution >= 4 is 33.3 Å². The lowest BCUT2D eigenvalue weighted by Crippen LogP contribution is -2.49. The van der Waals surface area contributed by atoms with E-state index in [1.54, 1.807) is 24.3 Å². The number of urea groups is 1. The number of sulfonamides is 1. The Balaban J connectivity index is 2.10. The first-order valence-electron chi connectivity index (χ1n) is 9.30. The van der Waals surface area contributed by atoms with Crippen molar-refractivity contribution in [3.05, 3.63) is 48.5 Å². The third-order valence-corrected chi connectivity index (χ3v) is 5.96. The summed E-state index contributed by atoms with van der Waals surface area (Å²) >= 11 is 0. The Morgan fingerprint density at radius 1 is 1.03 bits per heavy atom. The van der Waals surface area contributed by atoms with Crippen molar-refractivity contribution in [2.45, 2.75) is 31.2 Å². The predicted octanol–water partition coefficient (Wildman–Crippen LogP) is 2.52. The molecule has 2 aromatic rings. The first-order chi connectivity index (χ1) is 14.2. The highest BCUT2D eigenvalue weighted by atomic mass is 32.2. The summed E-state index contributed by atoms with van der Waals surface area (Å²) < 4.78 is 32.6. The number of rotatable bonds is 9. The van der Waals surface area contributed by atoms with Crippen LogP contribution in [0.1, 0.15) is 20.3 Å². The smallest absolute Gasteiger partial charge is 0.312 e. The van der Waals surface area contributed by atoms with Crippen molar-refractivity contribution < 1.29 is 22.7 Å². The van der Waals surface area contributed by atoms with Crippen LogP contribution in [0.25, 0.3) is 0 Å². The van der Waals surface area contributed by atoms with Gasteiger partial charge in [-0.3, -0.25) is 9.52 Å². The van der Waals surface area contributed by atoms with Crippen LogP contribution >= 0.6 is 0 Å². The number of anilines is 2. The number of primary amides is 1. The van der Waals surface area contributed by atoms with Gasteiger partial charge in [0.25, 0.3) is 10.0 Å². The van der Waals surface area contributed by atoms with Gasteiger partial charge in [-0.2, -0.15) is 0 Å². The Labute approximate surface area is 176 Å². The summed E-state index contributed by atoms with van der Waals surface area (Å²) in [5.74, 6) is 0.0422. The second-order valence-corrected chi connectivity index (χ2v) is 8.40. The number of carbonyl (C=O) groups is 2. The normalized spacial score (nSPS) is 13.0. The van der Waals surface area contributed by atoms with E-state index in [1.165, 1.54) is 31.4 Å². The molecule has 2 rings (SSSR count). The second-order valence-electron chi connectivity index (χ2n) is 6.72. The maximum Gasteiger partial charge on any atom is 0.312 e. The Kier molecular flexibility index (Phi) is 7.65. The van der Waals surface area contributed by atoms with E-state index in [2.05, 4.69) is 15.4 Å². The maximum atomic E-state index is 12.6. The average Bonchev–Trinajstić information content (AvgIpc) is 2.72. The van der Waals surface area contributed by atoms with Gasteiger partial charge in [0.2, 0.25) is 5.91 Å². The fourth-order valence-electron chi connectivity index (χ4n) is 2.67. The van der Waals surface area contributed by atoms with E-state index in [-0.39, 0.29) is 10.8 Å². The molecule has 0 saturated carbocycles. The molecule has 0 bridgehead atoms. The molecule has 0 radical (unpaired) electrons. The number of nitrogens with one attached hydrogen (secondary N) is 3. The van der Waals surface area contributed by atoms with Gasteiger partial charge in [0, 0.05) is 11.4 Å². The molecule has 0 saturated heterocycles. The van der Waals surface area contributed by atoms with Crippen LogP contribution in [-0.4, -0.2) is 33.5 Å². The SMILES string of the molecule is CC[C@H](C)[C@@H](NC(N)=O)C(=O)Nc1ccc(S(=O)(=O)Nc2ccc(OC)cc2)cc1. The second kappa shape index (κ2) is 9.97. The first kappa shape index (κ1) is 23.0. The zero-order valence-electron chi connectivity index (χ0n) is 17.0. The number of methoxy groups -OCH3 is 1. The molecule has 162 valence electrons. The van der Waals surface area contributed by atoms with Crippen LogP contribution in [-0.2, 0) is 14.8 Å². The number of ether oxygens (including phenoxy) is 1. The van der Waals surface area contributed by atoms with Crippen molar-refractivity contribution in [1.29, 1.82) is 0 Å². The van der Waals surface area contributed by atoms with E-state index in [0.717, 1.165) is 0 Å². The molecule has 0 spiro atoms. The lowest BCUT2D eigenvalue weighted by molar-refractivity contribution is -0.119. The fourth-order valence-corrected chi connectivity index (χ4v) is 3.72. The van der Waals surface area contributed by atoms with Gasteiger partial charge in [-0.15, -0.1) is 0 Å². The first-order valence-corrected chi connectivity index (χ1v) is 10.8. The van der Waals surface area contributed by atoms with Crippen molar-refractivity contribution in [1.82, 2.24) is 5.32 Å². The molecule has 9 nitrogen and oxygen atoms in total. The summed E-state index contributed by atoms with van der Waals surface area (Å²) in [4.78, 5) is 23.7. The highest BCUT2D eigenvalue weighted by molar-refractivity contribution is 7.92. The number of nitrogens with two attached hydrogens (primary N) is 1. The molecule has 0 aliphatic rings. The standard InChI is InChI=1S/C20H26N4O5S/c1-4-13(2)18(23-20(21)26)19(25)22-14-7-11-17(12-8-14)30(27,28)24-15-5-9-16(29-3)10-6-15/h5-13,18,24H,4H2,1-3H3,(H,22,25)(H3,21,23,26)/t13-,18+/m0/s1. The number of hydrogen-bond donors (Lipinski definition) is 4. The van der Waals surface area contributed by atoms with E-state index in [9.17, 15) is 18.0 Å². The highest BCUT2D eigenvalue weighted by Crippen LogP contribution is 2.21. The van der Waals surface area contributed by atoms with Gasteiger partial charge >= 0.3 is 6.03 Å². The summed E-state index contributed by atoms with van der Waals surface area (Å²) in [6.45, 7) is 3.71. The molecular weight excluding hydrogens is 408 g/mol. The average molecular weight is 435 g/mol. The van der Waals surface area contributed by atoms with Crippen LogP contribution in [0.3, 0.4) is 0 Å².